The van der Waals surface area contributed by atoms with Crippen molar-refractivity contribution in [2.45, 2.75) is 0 Å². The molecule has 4 heteroatoms. The van der Waals surface area contributed by atoms with E-state index in [9.17, 15) is 0 Å². The Morgan fingerprint density at radius 2 is 0.519 bits per heavy atom. The summed E-state index contributed by atoms with van der Waals surface area (Å²) in [5.74, 6) is 1.51. The van der Waals surface area contributed by atoms with Gasteiger partial charge in [0.2, 0.25) is 0 Å². The molecule has 252 valence electrons. The molecule has 0 saturated heterocycles. The Bertz CT molecular complexity index is 2160. The maximum Gasteiger partial charge on any atom is 0.127 e. The number of benzene rings is 8. The first-order valence-electron chi connectivity index (χ1n) is 17.3. The monoisotopic (exact) mass is 673 g/mol. The minimum absolute atomic E-state index is 0.710. The number of hydrogen-bond donors (Lipinski definition) is 1. The van der Waals surface area contributed by atoms with E-state index in [2.05, 4.69) is 143 Å². The number of para-hydroxylation sites is 3. The average Bonchev–Trinajstić information content (AvgIpc) is 3.22. The van der Waals surface area contributed by atoms with E-state index in [-0.39, 0.29) is 0 Å². The van der Waals surface area contributed by atoms with Crippen LogP contribution in [0.2, 0.25) is 0 Å². The van der Waals surface area contributed by atoms with Gasteiger partial charge in [-0.1, -0.05) is 115 Å². The van der Waals surface area contributed by atoms with Gasteiger partial charge in [0, 0.05) is 39.8 Å². The van der Waals surface area contributed by atoms with E-state index in [1.807, 2.05) is 91.0 Å². The predicted octanol–water partition coefficient (Wildman–Crippen LogP) is 13.4. The summed E-state index contributed by atoms with van der Waals surface area (Å²) in [6.07, 6.45) is 0. The van der Waals surface area contributed by atoms with Gasteiger partial charge in [-0.3, -0.25) is 0 Å². The second-order valence-electron chi connectivity index (χ2n) is 12.1. The van der Waals surface area contributed by atoms with Crippen LogP contribution >= 0.6 is 0 Å². The van der Waals surface area contributed by atoms with Crippen LogP contribution in [0.1, 0.15) is 0 Å². The molecule has 0 bridgehead atoms. The SMILES string of the molecule is Nc1ccc(Oc2ccc(N(c3ccccc3)c3ccc(-c4ccc(N(c5ccccc5)c5ccccc5)cc4)cc3)cc2)cc1.c1ccccc1. The maximum atomic E-state index is 6.04. The van der Waals surface area contributed by atoms with E-state index < -0.39 is 0 Å². The summed E-state index contributed by atoms with van der Waals surface area (Å²) in [5.41, 5.74) is 15.4. The van der Waals surface area contributed by atoms with E-state index in [4.69, 9.17) is 10.5 Å². The van der Waals surface area contributed by atoms with Gasteiger partial charge in [-0.2, -0.15) is 0 Å². The lowest BCUT2D eigenvalue weighted by Crippen LogP contribution is -2.09. The maximum absolute atomic E-state index is 6.04. The molecule has 0 radical (unpaired) electrons. The summed E-state index contributed by atoms with van der Waals surface area (Å²) in [6, 6.07) is 76.4. The molecule has 8 aromatic carbocycles. The Kier molecular flexibility index (Phi) is 10.7. The highest BCUT2D eigenvalue weighted by Crippen LogP contribution is 2.38. The molecule has 8 aromatic rings. The Hall–Kier alpha value is -7.04. The molecule has 0 spiro atoms. The molecule has 0 saturated carbocycles. The molecule has 0 unspecified atom stereocenters. The first-order valence-corrected chi connectivity index (χ1v) is 17.3. The van der Waals surface area contributed by atoms with Gasteiger partial charge in [-0.15, -0.1) is 0 Å². The molecule has 4 nitrogen and oxygen atoms in total. The van der Waals surface area contributed by atoms with Crippen LogP contribution in [0.15, 0.2) is 224 Å². The van der Waals surface area contributed by atoms with Crippen LogP contribution in [0.3, 0.4) is 0 Å². The van der Waals surface area contributed by atoms with Crippen molar-refractivity contribution < 1.29 is 4.74 Å². The Labute approximate surface area is 306 Å². The van der Waals surface area contributed by atoms with Gasteiger partial charge in [0.25, 0.3) is 0 Å². The third-order valence-electron chi connectivity index (χ3n) is 8.50. The average molecular weight is 674 g/mol. The first kappa shape index (κ1) is 33.5. The lowest BCUT2D eigenvalue weighted by atomic mass is 10.0. The zero-order valence-corrected chi connectivity index (χ0v) is 28.7. The summed E-state index contributed by atoms with van der Waals surface area (Å²) in [4.78, 5) is 4.52. The lowest BCUT2D eigenvalue weighted by Gasteiger charge is -2.26. The molecule has 0 fully saturated rings. The van der Waals surface area contributed by atoms with Crippen LogP contribution in [-0.2, 0) is 0 Å². The fourth-order valence-electron chi connectivity index (χ4n) is 5.95. The Balaban J connectivity index is 0.000000638. The van der Waals surface area contributed by atoms with Crippen LogP contribution in [-0.4, -0.2) is 0 Å². The van der Waals surface area contributed by atoms with Crippen molar-refractivity contribution in [3.63, 3.8) is 0 Å². The minimum Gasteiger partial charge on any atom is -0.457 e. The van der Waals surface area contributed by atoms with Crippen LogP contribution < -0.4 is 20.3 Å². The Morgan fingerprint density at radius 1 is 0.269 bits per heavy atom. The molecule has 0 aliphatic heterocycles. The van der Waals surface area contributed by atoms with Crippen LogP contribution in [0.5, 0.6) is 11.5 Å². The van der Waals surface area contributed by atoms with Gasteiger partial charge in [0.1, 0.15) is 11.5 Å². The van der Waals surface area contributed by atoms with Crippen molar-refractivity contribution in [2.75, 3.05) is 15.5 Å². The fraction of sp³-hybridized carbons (Fsp3) is 0. The summed E-state index contributed by atoms with van der Waals surface area (Å²) in [7, 11) is 0. The van der Waals surface area contributed by atoms with Gasteiger partial charge < -0.3 is 20.3 Å². The van der Waals surface area contributed by atoms with Crippen molar-refractivity contribution in [3.8, 4) is 22.6 Å². The lowest BCUT2D eigenvalue weighted by molar-refractivity contribution is 0.483. The van der Waals surface area contributed by atoms with Crippen molar-refractivity contribution >= 4 is 39.8 Å². The number of ether oxygens (including phenoxy) is 1. The smallest absolute Gasteiger partial charge is 0.127 e. The Morgan fingerprint density at radius 3 is 0.846 bits per heavy atom. The zero-order chi connectivity index (χ0) is 35.4. The largest absolute Gasteiger partial charge is 0.457 e. The van der Waals surface area contributed by atoms with E-state index in [1.165, 1.54) is 0 Å². The van der Waals surface area contributed by atoms with Crippen LogP contribution in [0, 0.1) is 0 Å². The van der Waals surface area contributed by atoms with Crippen molar-refractivity contribution in [1.29, 1.82) is 0 Å². The van der Waals surface area contributed by atoms with E-state index >= 15 is 0 Å². The molecule has 0 aromatic heterocycles. The standard InChI is InChI=1S/C42H33N3O.C6H6/c43-34-20-28-41(29-21-34)46-42-30-26-40(27-31-42)45(37-14-8-3-9-15-37)39-24-18-33(19-25-39)32-16-22-38(23-17-32)44(35-10-4-1-5-11-35)36-12-6-2-7-13-36;1-2-4-6-5-3-1/h1-31H,43H2;1-6H. The van der Waals surface area contributed by atoms with Crippen molar-refractivity contribution in [1.82, 2.24) is 0 Å². The summed E-state index contributed by atoms with van der Waals surface area (Å²) >= 11 is 0. The quantitative estimate of drug-likeness (QED) is 0.155. The highest BCUT2D eigenvalue weighted by molar-refractivity contribution is 5.80. The number of nitrogens with zero attached hydrogens (tertiary/aromatic N) is 2. The first-order chi connectivity index (χ1) is 25.7. The molecule has 52 heavy (non-hydrogen) atoms. The van der Waals surface area contributed by atoms with Gasteiger partial charge in [-0.25, -0.2) is 0 Å². The van der Waals surface area contributed by atoms with Gasteiger partial charge >= 0.3 is 0 Å². The molecule has 8 rings (SSSR count). The molecule has 2 N–H and O–H groups in total. The molecule has 0 atom stereocenters. The highest BCUT2D eigenvalue weighted by atomic mass is 16.5. The molecule has 0 aliphatic carbocycles. The van der Waals surface area contributed by atoms with E-state index in [0.29, 0.717) is 5.69 Å². The van der Waals surface area contributed by atoms with Crippen LogP contribution in [0.4, 0.5) is 39.8 Å². The minimum atomic E-state index is 0.710. The van der Waals surface area contributed by atoms with Crippen molar-refractivity contribution in [3.05, 3.63) is 224 Å². The second kappa shape index (κ2) is 16.6. The molecular formula is C48H39N3O. The third-order valence-corrected chi connectivity index (χ3v) is 8.50. The highest BCUT2D eigenvalue weighted by Gasteiger charge is 2.14. The number of nitrogen functional groups attached to an aromatic ring is 1. The number of hydrogen-bond acceptors (Lipinski definition) is 4. The normalized spacial score (nSPS) is 10.4. The number of anilines is 7. The molecule has 0 aliphatic rings. The van der Waals surface area contributed by atoms with Crippen molar-refractivity contribution in [2.24, 2.45) is 0 Å². The molecule has 0 heterocycles. The van der Waals surface area contributed by atoms with Gasteiger partial charge in [0.15, 0.2) is 0 Å². The van der Waals surface area contributed by atoms with Gasteiger partial charge in [-0.05, 0) is 120 Å². The molecule has 0 amide bonds. The van der Waals surface area contributed by atoms with E-state index in [1.54, 1.807) is 0 Å². The number of nitrogens with two attached hydrogens (primary N) is 1. The number of rotatable bonds is 9. The third kappa shape index (κ3) is 8.39. The molecular weight excluding hydrogens is 635 g/mol. The van der Waals surface area contributed by atoms with Gasteiger partial charge in [0.05, 0.1) is 0 Å². The summed E-state index contributed by atoms with van der Waals surface area (Å²) in [6.45, 7) is 0. The zero-order valence-electron chi connectivity index (χ0n) is 28.7. The summed E-state index contributed by atoms with van der Waals surface area (Å²) < 4.78 is 6.04. The second-order valence-corrected chi connectivity index (χ2v) is 12.1. The summed E-state index contributed by atoms with van der Waals surface area (Å²) in [5, 5.41) is 0. The fourth-order valence-corrected chi connectivity index (χ4v) is 5.95. The topological polar surface area (TPSA) is 41.7 Å². The van der Waals surface area contributed by atoms with Crippen LogP contribution in [0.25, 0.3) is 11.1 Å². The predicted molar refractivity (Wildman–Crippen MR) is 219 cm³/mol. The van der Waals surface area contributed by atoms with E-state index in [0.717, 1.165) is 56.8 Å².